The molecule has 0 unspecified atom stereocenters. The van der Waals surface area contributed by atoms with Gasteiger partial charge in [-0.25, -0.2) is 9.69 Å². The van der Waals surface area contributed by atoms with Crippen LogP contribution in [0.4, 0.5) is 16.2 Å². The molecule has 3 rings (SSSR count). The number of hydrogen-bond acceptors (Lipinski definition) is 7. The molecule has 2 aromatic carbocycles. The van der Waals surface area contributed by atoms with E-state index >= 15 is 0 Å². The number of imide groups is 2. The predicted octanol–water partition coefficient (Wildman–Crippen LogP) is 2.67. The molecule has 154 valence electrons. The lowest BCUT2D eigenvalue weighted by molar-refractivity contribution is -0.384. The summed E-state index contributed by atoms with van der Waals surface area (Å²) in [5.74, 6) is -0.881. The van der Waals surface area contributed by atoms with Crippen molar-refractivity contribution in [2.24, 2.45) is 0 Å². The molecule has 1 saturated heterocycles. The van der Waals surface area contributed by atoms with Crippen molar-refractivity contribution in [2.75, 3.05) is 18.6 Å². The van der Waals surface area contributed by atoms with E-state index in [0.717, 1.165) is 6.07 Å². The zero-order valence-corrected chi connectivity index (χ0v) is 16.1. The minimum Gasteiger partial charge on any atom is -0.493 e. The Kier molecular flexibility index (Phi) is 5.77. The van der Waals surface area contributed by atoms with E-state index in [9.17, 15) is 24.5 Å². The van der Waals surface area contributed by atoms with Crippen LogP contribution in [0.5, 0.6) is 11.5 Å². The number of anilines is 1. The summed E-state index contributed by atoms with van der Waals surface area (Å²) >= 11 is 0. The number of nitro benzene ring substituents is 1. The molecule has 0 atom stereocenters. The molecule has 4 amide bonds. The number of nitro groups is 1. The van der Waals surface area contributed by atoms with Gasteiger partial charge in [0.15, 0.2) is 11.5 Å². The van der Waals surface area contributed by atoms with Crippen LogP contribution in [0, 0.1) is 10.1 Å². The van der Waals surface area contributed by atoms with Gasteiger partial charge in [0.1, 0.15) is 5.57 Å². The number of barbiturate groups is 1. The standard InChI is InChI=1S/C20H17N3O7/c1-3-30-16-8-7-12(10-17(16)29-2)9-15-18(24)21-20(26)22(19(15)25)13-5-4-6-14(11-13)23(27)28/h4-11H,3H2,1-2H3,(H,21,24,26)/b15-9+. The van der Waals surface area contributed by atoms with Crippen molar-refractivity contribution in [3.05, 3.63) is 63.7 Å². The average molecular weight is 411 g/mol. The van der Waals surface area contributed by atoms with Gasteiger partial charge in [0, 0.05) is 12.1 Å². The number of ether oxygens (including phenoxy) is 2. The van der Waals surface area contributed by atoms with Gasteiger partial charge in [-0.1, -0.05) is 12.1 Å². The molecule has 0 bridgehead atoms. The van der Waals surface area contributed by atoms with Gasteiger partial charge < -0.3 is 9.47 Å². The number of benzene rings is 2. The molecule has 10 heteroatoms. The largest absolute Gasteiger partial charge is 0.493 e. The third-order valence-corrected chi connectivity index (χ3v) is 4.20. The van der Waals surface area contributed by atoms with Crippen LogP contribution in [0.25, 0.3) is 6.08 Å². The third kappa shape index (κ3) is 3.97. The first-order chi connectivity index (χ1) is 14.3. The van der Waals surface area contributed by atoms with Gasteiger partial charge >= 0.3 is 6.03 Å². The van der Waals surface area contributed by atoms with Gasteiger partial charge in [0.25, 0.3) is 17.5 Å². The number of urea groups is 1. The van der Waals surface area contributed by atoms with Gasteiger partial charge in [-0.05, 0) is 36.8 Å². The number of hydrogen-bond donors (Lipinski definition) is 1. The minimum atomic E-state index is -0.994. The summed E-state index contributed by atoms with van der Waals surface area (Å²) in [6, 6.07) is 8.83. The van der Waals surface area contributed by atoms with Gasteiger partial charge in [-0.15, -0.1) is 0 Å². The highest BCUT2D eigenvalue weighted by molar-refractivity contribution is 6.39. The number of carbonyl (C=O) groups excluding carboxylic acids is 3. The van der Waals surface area contributed by atoms with Crippen molar-refractivity contribution in [3.8, 4) is 11.5 Å². The summed E-state index contributed by atoms with van der Waals surface area (Å²) in [4.78, 5) is 48.5. The fraction of sp³-hybridized carbons (Fsp3) is 0.150. The van der Waals surface area contributed by atoms with Gasteiger partial charge in [0.05, 0.1) is 24.3 Å². The highest BCUT2D eigenvalue weighted by Gasteiger charge is 2.37. The number of non-ortho nitro benzene ring substituents is 1. The average Bonchev–Trinajstić information content (AvgIpc) is 2.72. The highest BCUT2D eigenvalue weighted by Crippen LogP contribution is 2.30. The van der Waals surface area contributed by atoms with Crippen molar-refractivity contribution in [1.29, 1.82) is 0 Å². The second kappa shape index (κ2) is 8.43. The van der Waals surface area contributed by atoms with Crippen LogP contribution in [0.15, 0.2) is 48.0 Å². The molecule has 1 aliphatic heterocycles. The molecule has 2 aromatic rings. The maximum atomic E-state index is 12.9. The first-order valence-electron chi connectivity index (χ1n) is 8.82. The Morgan fingerprint density at radius 3 is 2.57 bits per heavy atom. The zero-order valence-electron chi connectivity index (χ0n) is 16.1. The molecule has 0 aromatic heterocycles. The van der Waals surface area contributed by atoms with Crippen LogP contribution < -0.4 is 19.7 Å². The number of rotatable bonds is 6. The van der Waals surface area contributed by atoms with Crippen molar-refractivity contribution in [2.45, 2.75) is 6.92 Å². The van der Waals surface area contributed by atoms with Crippen LogP contribution >= 0.6 is 0 Å². The van der Waals surface area contributed by atoms with E-state index in [1.165, 1.54) is 31.4 Å². The first kappa shape index (κ1) is 20.5. The van der Waals surface area contributed by atoms with Crippen LogP contribution in [-0.2, 0) is 9.59 Å². The summed E-state index contributed by atoms with van der Waals surface area (Å²) in [7, 11) is 1.45. The summed E-state index contributed by atoms with van der Waals surface area (Å²) in [6.07, 6.45) is 1.30. The number of nitrogens with one attached hydrogen (secondary N) is 1. The Morgan fingerprint density at radius 1 is 1.13 bits per heavy atom. The fourth-order valence-electron chi connectivity index (χ4n) is 2.85. The van der Waals surface area contributed by atoms with Crippen LogP contribution in [-0.4, -0.2) is 36.5 Å². The minimum absolute atomic E-state index is 0.0330. The molecule has 1 fully saturated rings. The van der Waals surface area contributed by atoms with E-state index in [1.807, 2.05) is 6.92 Å². The lowest BCUT2D eigenvalue weighted by Gasteiger charge is -2.26. The zero-order chi connectivity index (χ0) is 21.8. The molecule has 0 radical (unpaired) electrons. The maximum absolute atomic E-state index is 12.9. The van der Waals surface area contributed by atoms with E-state index in [-0.39, 0.29) is 16.9 Å². The van der Waals surface area contributed by atoms with Crippen LogP contribution in [0.2, 0.25) is 0 Å². The van der Waals surface area contributed by atoms with Crippen LogP contribution in [0.1, 0.15) is 12.5 Å². The van der Waals surface area contributed by atoms with E-state index < -0.39 is 22.8 Å². The predicted molar refractivity (Wildman–Crippen MR) is 106 cm³/mol. The molecular formula is C20H17N3O7. The SMILES string of the molecule is CCOc1ccc(/C=C2\C(=O)NC(=O)N(c3cccc([N+](=O)[O-])c3)C2=O)cc1OC. The van der Waals surface area contributed by atoms with E-state index in [2.05, 4.69) is 5.32 Å². The monoisotopic (exact) mass is 411 g/mol. The Morgan fingerprint density at radius 2 is 1.90 bits per heavy atom. The molecule has 10 nitrogen and oxygen atoms in total. The molecule has 30 heavy (non-hydrogen) atoms. The number of nitrogens with zero attached hydrogens (tertiary/aromatic N) is 2. The van der Waals surface area contributed by atoms with Crippen molar-refractivity contribution in [1.82, 2.24) is 5.32 Å². The van der Waals surface area contributed by atoms with E-state index in [0.29, 0.717) is 28.6 Å². The normalized spacial score (nSPS) is 15.2. The molecular weight excluding hydrogens is 394 g/mol. The second-order valence-corrected chi connectivity index (χ2v) is 6.08. The molecule has 1 heterocycles. The molecule has 0 saturated carbocycles. The summed E-state index contributed by atoms with van der Waals surface area (Å²) in [5.41, 5.74) is -0.185. The third-order valence-electron chi connectivity index (χ3n) is 4.20. The lowest BCUT2D eigenvalue weighted by atomic mass is 10.1. The first-order valence-corrected chi connectivity index (χ1v) is 8.82. The molecule has 1 aliphatic rings. The van der Waals surface area contributed by atoms with Gasteiger partial charge in [-0.3, -0.25) is 25.0 Å². The summed E-state index contributed by atoms with van der Waals surface area (Å²) < 4.78 is 10.7. The second-order valence-electron chi connectivity index (χ2n) is 6.08. The topological polar surface area (TPSA) is 128 Å². The van der Waals surface area contributed by atoms with Crippen molar-refractivity contribution < 1.29 is 28.8 Å². The summed E-state index contributed by atoms with van der Waals surface area (Å²) in [6.45, 7) is 2.25. The van der Waals surface area contributed by atoms with Crippen molar-refractivity contribution in [3.63, 3.8) is 0 Å². The number of amides is 4. The Balaban J connectivity index is 2.00. The number of carbonyl (C=O) groups is 3. The Labute approximate surface area is 170 Å². The molecule has 0 aliphatic carbocycles. The van der Waals surface area contributed by atoms with E-state index in [4.69, 9.17) is 9.47 Å². The highest BCUT2D eigenvalue weighted by atomic mass is 16.6. The quantitative estimate of drug-likeness (QED) is 0.335. The molecule has 1 N–H and O–H groups in total. The molecule has 0 spiro atoms. The fourth-order valence-corrected chi connectivity index (χ4v) is 2.85. The number of methoxy groups -OCH3 is 1. The Hall–Kier alpha value is -4.21. The van der Waals surface area contributed by atoms with Crippen LogP contribution in [0.3, 0.4) is 0 Å². The lowest BCUT2D eigenvalue weighted by Crippen LogP contribution is -2.54. The van der Waals surface area contributed by atoms with Crippen molar-refractivity contribution >= 4 is 35.3 Å². The summed E-state index contributed by atoms with van der Waals surface area (Å²) in [5, 5.41) is 13.1. The van der Waals surface area contributed by atoms with Gasteiger partial charge in [-0.2, -0.15) is 0 Å². The maximum Gasteiger partial charge on any atom is 0.335 e. The van der Waals surface area contributed by atoms with E-state index in [1.54, 1.807) is 18.2 Å². The Bertz CT molecular complexity index is 1080. The van der Waals surface area contributed by atoms with Gasteiger partial charge in [0.2, 0.25) is 0 Å². The smallest absolute Gasteiger partial charge is 0.335 e.